The summed E-state index contributed by atoms with van der Waals surface area (Å²) in [6.45, 7) is 2.70. The van der Waals surface area contributed by atoms with Crippen LogP contribution < -0.4 is 5.32 Å². The van der Waals surface area contributed by atoms with Crippen molar-refractivity contribution in [3.8, 4) is 0 Å². The molecule has 0 saturated heterocycles. The van der Waals surface area contributed by atoms with E-state index in [9.17, 15) is 0 Å². The van der Waals surface area contributed by atoms with Gasteiger partial charge >= 0.3 is 0 Å². The Morgan fingerprint density at radius 3 is 2.83 bits per heavy atom. The lowest BCUT2D eigenvalue weighted by Gasteiger charge is -2.15. The highest BCUT2D eigenvalue weighted by molar-refractivity contribution is 6.33. The van der Waals surface area contributed by atoms with Crippen LogP contribution in [0.1, 0.15) is 24.2 Å². The Morgan fingerprint density at radius 1 is 1.28 bits per heavy atom. The quantitative estimate of drug-likeness (QED) is 0.930. The van der Waals surface area contributed by atoms with E-state index in [2.05, 4.69) is 15.3 Å². The third-order valence-corrected chi connectivity index (χ3v) is 3.24. The number of hydrogen-bond acceptors (Lipinski definition) is 3. The average molecular weight is 282 g/mol. The maximum Gasteiger partial charge on any atom is 0.115 e. The van der Waals surface area contributed by atoms with Gasteiger partial charge in [0.1, 0.15) is 6.33 Å². The van der Waals surface area contributed by atoms with Crippen LogP contribution in [0.5, 0.6) is 0 Å². The number of rotatable bonds is 4. The molecule has 1 aromatic carbocycles. The van der Waals surface area contributed by atoms with E-state index in [-0.39, 0.29) is 6.04 Å². The molecule has 0 spiro atoms. The van der Waals surface area contributed by atoms with Crippen LogP contribution in [-0.2, 0) is 6.54 Å². The van der Waals surface area contributed by atoms with Gasteiger partial charge < -0.3 is 5.32 Å². The van der Waals surface area contributed by atoms with Crippen LogP contribution in [0.25, 0.3) is 0 Å². The third kappa shape index (κ3) is 3.42. The molecule has 1 aromatic heterocycles. The number of nitrogens with one attached hydrogen (secondary N) is 1. The van der Waals surface area contributed by atoms with Gasteiger partial charge in [-0.05, 0) is 36.8 Å². The first-order valence-corrected chi connectivity index (χ1v) is 6.35. The third-order valence-electron chi connectivity index (χ3n) is 2.66. The molecule has 5 heteroatoms. The molecule has 18 heavy (non-hydrogen) atoms. The molecule has 1 unspecified atom stereocenters. The number of benzene rings is 1. The Balaban J connectivity index is 2.03. The summed E-state index contributed by atoms with van der Waals surface area (Å²) in [5, 5.41) is 4.75. The lowest BCUT2D eigenvalue weighted by Crippen LogP contribution is -2.19. The molecule has 0 aliphatic rings. The summed E-state index contributed by atoms with van der Waals surface area (Å²) in [7, 11) is 0. The zero-order valence-electron chi connectivity index (χ0n) is 9.90. The van der Waals surface area contributed by atoms with Crippen LogP contribution in [-0.4, -0.2) is 9.97 Å². The van der Waals surface area contributed by atoms with Crippen molar-refractivity contribution in [2.24, 2.45) is 0 Å². The predicted molar refractivity (Wildman–Crippen MR) is 73.7 cm³/mol. The highest BCUT2D eigenvalue weighted by Gasteiger charge is 2.10. The van der Waals surface area contributed by atoms with Crippen LogP contribution in [0.15, 0.2) is 36.8 Å². The number of aromatic nitrogens is 2. The van der Waals surface area contributed by atoms with E-state index in [1.807, 2.05) is 25.1 Å². The molecule has 1 heterocycles. The van der Waals surface area contributed by atoms with E-state index < -0.39 is 0 Å². The SMILES string of the molecule is CC(NCc1ccncn1)c1cc(Cl)ccc1Cl. The summed E-state index contributed by atoms with van der Waals surface area (Å²) in [5.41, 5.74) is 1.92. The summed E-state index contributed by atoms with van der Waals surface area (Å²) in [6.07, 6.45) is 3.26. The Bertz CT molecular complexity index is 517. The van der Waals surface area contributed by atoms with E-state index >= 15 is 0 Å². The molecule has 94 valence electrons. The maximum atomic E-state index is 6.15. The van der Waals surface area contributed by atoms with Crippen molar-refractivity contribution in [3.05, 3.63) is 58.1 Å². The summed E-state index contributed by atoms with van der Waals surface area (Å²) in [5.74, 6) is 0. The minimum absolute atomic E-state index is 0.103. The minimum Gasteiger partial charge on any atom is -0.305 e. The molecule has 0 aliphatic carbocycles. The van der Waals surface area contributed by atoms with Crippen molar-refractivity contribution >= 4 is 23.2 Å². The second-order valence-corrected chi connectivity index (χ2v) is 4.81. The van der Waals surface area contributed by atoms with Gasteiger partial charge in [0.2, 0.25) is 0 Å². The van der Waals surface area contributed by atoms with Crippen LogP contribution in [0, 0.1) is 0 Å². The van der Waals surface area contributed by atoms with E-state index in [1.54, 1.807) is 12.3 Å². The Morgan fingerprint density at radius 2 is 2.11 bits per heavy atom. The second kappa shape index (κ2) is 6.14. The van der Waals surface area contributed by atoms with Crippen molar-refractivity contribution in [2.75, 3.05) is 0 Å². The smallest absolute Gasteiger partial charge is 0.115 e. The van der Waals surface area contributed by atoms with Gasteiger partial charge in [-0.2, -0.15) is 0 Å². The van der Waals surface area contributed by atoms with Gasteiger partial charge in [0.05, 0.1) is 5.69 Å². The normalized spacial score (nSPS) is 12.4. The molecule has 0 radical (unpaired) electrons. The fraction of sp³-hybridized carbons (Fsp3) is 0.231. The monoisotopic (exact) mass is 281 g/mol. The molecular weight excluding hydrogens is 269 g/mol. The number of nitrogens with zero attached hydrogens (tertiary/aromatic N) is 2. The predicted octanol–water partition coefficient (Wildman–Crippen LogP) is 3.63. The Labute approximate surface area is 116 Å². The largest absolute Gasteiger partial charge is 0.305 e. The first kappa shape index (κ1) is 13.3. The van der Waals surface area contributed by atoms with Crippen LogP contribution in [0.4, 0.5) is 0 Å². The first-order chi connectivity index (χ1) is 8.66. The lowest BCUT2D eigenvalue weighted by atomic mass is 10.1. The fourth-order valence-corrected chi connectivity index (χ4v) is 2.10. The van der Waals surface area contributed by atoms with Crippen molar-refractivity contribution in [2.45, 2.75) is 19.5 Å². The maximum absolute atomic E-state index is 6.15. The Hall–Kier alpha value is -1.16. The summed E-state index contributed by atoms with van der Waals surface area (Å²) < 4.78 is 0. The molecule has 1 N–H and O–H groups in total. The van der Waals surface area contributed by atoms with Crippen molar-refractivity contribution < 1.29 is 0 Å². The number of hydrogen-bond donors (Lipinski definition) is 1. The number of halogens is 2. The lowest BCUT2D eigenvalue weighted by molar-refractivity contribution is 0.567. The van der Waals surface area contributed by atoms with Crippen molar-refractivity contribution in [1.29, 1.82) is 0 Å². The van der Waals surface area contributed by atoms with Crippen LogP contribution in [0.3, 0.4) is 0 Å². The van der Waals surface area contributed by atoms with E-state index in [0.717, 1.165) is 11.3 Å². The molecule has 2 aromatic rings. The highest BCUT2D eigenvalue weighted by atomic mass is 35.5. The average Bonchev–Trinajstić information content (AvgIpc) is 2.40. The van der Waals surface area contributed by atoms with Gasteiger partial charge in [-0.3, -0.25) is 0 Å². The standard InChI is InChI=1S/C13H13Cl2N3/c1-9(12-6-10(14)2-3-13(12)15)17-7-11-4-5-16-8-18-11/h2-6,8-9,17H,7H2,1H3. The molecule has 0 bridgehead atoms. The van der Waals surface area contributed by atoms with E-state index in [1.165, 1.54) is 6.33 Å². The zero-order valence-corrected chi connectivity index (χ0v) is 11.4. The molecule has 0 saturated carbocycles. The van der Waals surface area contributed by atoms with Crippen molar-refractivity contribution in [1.82, 2.24) is 15.3 Å². The Kier molecular flexibility index (Phi) is 4.53. The van der Waals surface area contributed by atoms with Gasteiger partial charge in [-0.25, -0.2) is 9.97 Å². The van der Waals surface area contributed by atoms with Crippen molar-refractivity contribution in [3.63, 3.8) is 0 Å². The van der Waals surface area contributed by atoms with Gasteiger partial charge in [-0.15, -0.1) is 0 Å². The van der Waals surface area contributed by atoms with E-state index in [4.69, 9.17) is 23.2 Å². The fourth-order valence-electron chi connectivity index (χ4n) is 1.64. The second-order valence-electron chi connectivity index (χ2n) is 3.97. The van der Waals surface area contributed by atoms with E-state index in [0.29, 0.717) is 16.6 Å². The van der Waals surface area contributed by atoms with Gasteiger partial charge in [0, 0.05) is 28.8 Å². The van der Waals surface area contributed by atoms with Gasteiger partial charge in [0.15, 0.2) is 0 Å². The first-order valence-electron chi connectivity index (χ1n) is 5.60. The topological polar surface area (TPSA) is 37.8 Å². The summed E-state index contributed by atoms with van der Waals surface area (Å²) in [4.78, 5) is 8.03. The molecule has 0 amide bonds. The molecule has 0 aliphatic heterocycles. The molecule has 2 rings (SSSR count). The summed E-state index contributed by atoms with van der Waals surface area (Å²) >= 11 is 12.1. The zero-order chi connectivity index (χ0) is 13.0. The van der Waals surface area contributed by atoms with Crippen LogP contribution in [0.2, 0.25) is 10.0 Å². The molecule has 3 nitrogen and oxygen atoms in total. The molecular formula is C13H13Cl2N3. The van der Waals surface area contributed by atoms with Gasteiger partial charge in [0.25, 0.3) is 0 Å². The van der Waals surface area contributed by atoms with Crippen LogP contribution >= 0.6 is 23.2 Å². The minimum atomic E-state index is 0.103. The molecule has 1 atom stereocenters. The summed E-state index contributed by atoms with van der Waals surface area (Å²) in [6, 6.07) is 7.44. The van der Waals surface area contributed by atoms with Gasteiger partial charge in [-0.1, -0.05) is 23.2 Å². The highest BCUT2D eigenvalue weighted by Crippen LogP contribution is 2.26. The molecule has 0 fully saturated rings.